The predicted molar refractivity (Wildman–Crippen MR) is 78.8 cm³/mol. The lowest BCUT2D eigenvalue weighted by atomic mass is 9.91. The maximum absolute atomic E-state index is 10.1. The van der Waals surface area contributed by atoms with E-state index in [2.05, 4.69) is 37.1 Å². The summed E-state index contributed by atoms with van der Waals surface area (Å²) in [6.07, 6.45) is 4.28. The number of hydrogen-bond donors (Lipinski definition) is 2. The van der Waals surface area contributed by atoms with Crippen LogP contribution in [0.15, 0.2) is 18.2 Å². The lowest BCUT2D eigenvalue weighted by Crippen LogP contribution is -2.42. The SMILES string of the molecule is Cc1cc(CN)ccc1CN(C)C1CCCCC1O. The molecule has 0 heterocycles. The summed E-state index contributed by atoms with van der Waals surface area (Å²) >= 11 is 0. The molecule has 0 aliphatic heterocycles. The summed E-state index contributed by atoms with van der Waals surface area (Å²) in [4.78, 5) is 2.30. The first kappa shape index (κ1) is 14.5. The summed E-state index contributed by atoms with van der Waals surface area (Å²) in [5, 5.41) is 10.1. The third kappa shape index (κ3) is 3.56. The van der Waals surface area contributed by atoms with Crippen LogP contribution in [-0.2, 0) is 13.1 Å². The van der Waals surface area contributed by atoms with Crippen LogP contribution in [0.3, 0.4) is 0 Å². The fourth-order valence-electron chi connectivity index (χ4n) is 3.05. The quantitative estimate of drug-likeness (QED) is 0.874. The Hall–Kier alpha value is -0.900. The highest BCUT2D eigenvalue weighted by Gasteiger charge is 2.26. The summed E-state index contributed by atoms with van der Waals surface area (Å²) < 4.78 is 0. The Balaban J connectivity index is 2.03. The van der Waals surface area contributed by atoms with Crippen LogP contribution in [0.5, 0.6) is 0 Å². The number of aliphatic hydroxyl groups is 1. The Morgan fingerprint density at radius 1 is 1.32 bits per heavy atom. The molecule has 3 heteroatoms. The van der Waals surface area contributed by atoms with Crippen molar-refractivity contribution >= 4 is 0 Å². The van der Waals surface area contributed by atoms with Gasteiger partial charge in [0.05, 0.1) is 6.10 Å². The third-order valence-corrected chi connectivity index (χ3v) is 4.32. The standard InChI is InChI=1S/C16H26N2O/c1-12-9-13(10-17)7-8-14(12)11-18(2)15-5-3-4-6-16(15)19/h7-9,15-16,19H,3-6,10-11,17H2,1-2H3. The Morgan fingerprint density at radius 3 is 2.68 bits per heavy atom. The van der Waals surface area contributed by atoms with Crippen LogP contribution in [0.1, 0.15) is 42.4 Å². The van der Waals surface area contributed by atoms with Gasteiger partial charge in [0, 0.05) is 19.1 Å². The van der Waals surface area contributed by atoms with Gasteiger partial charge < -0.3 is 10.8 Å². The molecule has 1 fully saturated rings. The molecular formula is C16H26N2O. The van der Waals surface area contributed by atoms with Crippen molar-refractivity contribution in [2.75, 3.05) is 7.05 Å². The Bertz CT molecular complexity index is 419. The molecule has 0 amide bonds. The normalized spacial score (nSPS) is 23.8. The molecule has 2 unspecified atom stereocenters. The average Bonchev–Trinajstić information content (AvgIpc) is 2.41. The van der Waals surface area contributed by atoms with Gasteiger partial charge in [-0.25, -0.2) is 0 Å². The van der Waals surface area contributed by atoms with Crippen molar-refractivity contribution < 1.29 is 5.11 Å². The second-order valence-electron chi connectivity index (χ2n) is 5.80. The van der Waals surface area contributed by atoms with Gasteiger partial charge in [0.15, 0.2) is 0 Å². The number of nitrogens with zero attached hydrogens (tertiary/aromatic N) is 1. The third-order valence-electron chi connectivity index (χ3n) is 4.32. The van der Waals surface area contributed by atoms with Gasteiger partial charge in [0.1, 0.15) is 0 Å². The van der Waals surface area contributed by atoms with E-state index in [4.69, 9.17) is 5.73 Å². The molecule has 1 aliphatic carbocycles. The van der Waals surface area contributed by atoms with Crippen molar-refractivity contribution in [2.45, 2.75) is 57.8 Å². The zero-order chi connectivity index (χ0) is 13.8. The number of benzene rings is 1. The van der Waals surface area contributed by atoms with Gasteiger partial charge in [0.2, 0.25) is 0 Å². The van der Waals surface area contributed by atoms with Gasteiger partial charge in [-0.05, 0) is 43.5 Å². The summed E-state index contributed by atoms with van der Waals surface area (Å²) in [7, 11) is 2.12. The van der Waals surface area contributed by atoms with Gasteiger partial charge in [-0.15, -0.1) is 0 Å². The predicted octanol–water partition coefficient (Wildman–Crippen LogP) is 2.19. The molecule has 0 radical (unpaired) electrons. The van der Waals surface area contributed by atoms with Crippen LogP contribution in [0.25, 0.3) is 0 Å². The van der Waals surface area contributed by atoms with Crippen molar-refractivity contribution in [1.29, 1.82) is 0 Å². The summed E-state index contributed by atoms with van der Waals surface area (Å²) in [5.41, 5.74) is 9.47. The highest BCUT2D eigenvalue weighted by Crippen LogP contribution is 2.24. The van der Waals surface area contributed by atoms with E-state index in [0.29, 0.717) is 12.6 Å². The van der Waals surface area contributed by atoms with Crippen LogP contribution in [0, 0.1) is 6.92 Å². The summed E-state index contributed by atoms with van der Waals surface area (Å²) in [5.74, 6) is 0. The minimum atomic E-state index is -0.164. The molecule has 0 bridgehead atoms. The number of aliphatic hydroxyl groups excluding tert-OH is 1. The van der Waals surface area contributed by atoms with E-state index in [1.54, 1.807) is 0 Å². The first-order valence-corrected chi connectivity index (χ1v) is 7.28. The second kappa shape index (κ2) is 6.51. The lowest BCUT2D eigenvalue weighted by Gasteiger charge is -2.35. The average molecular weight is 262 g/mol. The molecule has 3 N–H and O–H groups in total. The second-order valence-corrected chi connectivity index (χ2v) is 5.80. The Kier molecular flexibility index (Phi) is 4.97. The van der Waals surface area contributed by atoms with Gasteiger partial charge in [0.25, 0.3) is 0 Å². The van der Waals surface area contributed by atoms with Crippen LogP contribution >= 0.6 is 0 Å². The minimum absolute atomic E-state index is 0.164. The first-order chi connectivity index (χ1) is 9.11. The van der Waals surface area contributed by atoms with Crippen molar-refractivity contribution in [3.05, 3.63) is 34.9 Å². The molecule has 0 spiro atoms. The molecule has 3 nitrogen and oxygen atoms in total. The van der Waals surface area contributed by atoms with Crippen molar-refractivity contribution in [3.63, 3.8) is 0 Å². The van der Waals surface area contributed by atoms with Crippen LogP contribution in [0.4, 0.5) is 0 Å². The summed E-state index contributed by atoms with van der Waals surface area (Å²) in [6.45, 7) is 3.64. The van der Waals surface area contributed by atoms with Gasteiger partial charge in [-0.2, -0.15) is 0 Å². The minimum Gasteiger partial charge on any atom is -0.391 e. The molecule has 2 atom stereocenters. The summed E-state index contributed by atoms with van der Waals surface area (Å²) in [6, 6.07) is 6.75. The fourth-order valence-corrected chi connectivity index (χ4v) is 3.05. The number of aryl methyl sites for hydroxylation is 1. The van der Waals surface area contributed by atoms with E-state index in [1.807, 2.05) is 0 Å². The van der Waals surface area contributed by atoms with Crippen LogP contribution in [-0.4, -0.2) is 29.2 Å². The van der Waals surface area contributed by atoms with E-state index in [1.165, 1.54) is 23.1 Å². The van der Waals surface area contributed by atoms with Crippen LogP contribution in [0.2, 0.25) is 0 Å². The topological polar surface area (TPSA) is 49.5 Å². The number of nitrogens with two attached hydrogens (primary N) is 1. The highest BCUT2D eigenvalue weighted by molar-refractivity contribution is 5.31. The molecule has 1 saturated carbocycles. The molecule has 0 saturated heterocycles. The van der Waals surface area contributed by atoms with E-state index >= 15 is 0 Å². The smallest absolute Gasteiger partial charge is 0.0695 e. The maximum atomic E-state index is 10.1. The maximum Gasteiger partial charge on any atom is 0.0695 e. The van der Waals surface area contributed by atoms with Crippen LogP contribution < -0.4 is 5.73 Å². The van der Waals surface area contributed by atoms with Gasteiger partial charge in [-0.3, -0.25) is 4.90 Å². The van der Waals surface area contributed by atoms with E-state index in [-0.39, 0.29) is 6.10 Å². The van der Waals surface area contributed by atoms with Gasteiger partial charge in [-0.1, -0.05) is 31.0 Å². The number of hydrogen-bond acceptors (Lipinski definition) is 3. The molecule has 2 rings (SSSR count). The van der Waals surface area contributed by atoms with E-state index < -0.39 is 0 Å². The van der Waals surface area contributed by atoms with E-state index in [9.17, 15) is 5.11 Å². The first-order valence-electron chi connectivity index (χ1n) is 7.28. The molecule has 0 aromatic heterocycles. The molecule has 19 heavy (non-hydrogen) atoms. The molecule has 1 aromatic carbocycles. The van der Waals surface area contributed by atoms with Crippen molar-refractivity contribution in [1.82, 2.24) is 4.90 Å². The van der Waals surface area contributed by atoms with E-state index in [0.717, 1.165) is 25.8 Å². The molecule has 106 valence electrons. The van der Waals surface area contributed by atoms with Crippen molar-refractivity contribution in [3.8, 4) is 0 Å². The molecule has 1 aliphatic rings. The molecular weight excluding hydrogens is 236 g/mol. The Labute approximate surface area is 116 Å². The number of likely N-dealkylation sites (N-methyl/N-ethyl adjacent to an activating group) is 1. The highest BCUT2D eigenvalue weighted by atomic mass is 16.3. The zero-order valence-electron chi connectivity index (χ0n) is 12.1. The van der Waals surface area contributed by atoms with Crippen molar-refractivity contribution in [2.24, 2.45) is 5.73 Å². The molecule has 1 aromatic rings. The monoisotopic (exact) mass is 262 g/mol. The Morgan fingerprint density at radius 2 is 2.05 bits per heavy atom. The van der Waals surface area contributed by atoms with Gasteiger partial charge >= 0.3 is 0 Å². The zero-order valence-corrected chi connectivity index (χ0v) is 12.1. The fraction of sp³-hybridized carbons (Fsp3) is 0.625. The number of rotatable bonds is 4. The largest absolute Gasteiger partial charge is 0.391 e. The lowest BCUT2D eigenvalue weighted by molar-refractivity contribution is 0.0287.